The maximum absolute atomic E-state index is 12.3. The number of thiophene rings is 1. The van der Waals surface area contributed by atoms with E-state index < -0.39 is 0 Å². The zero-order valence-corrected chi connectivity index (χ0v) is 14.2. The van der Waals surface area contributed by atoms with Gasteiger partial charge in [0.2, 0.25) is 5.91 Å². The second-order valence-corrected chi connectivity index (χ2v) is 8.25. The van der Waals surface area contributed by atoms with Crippen LogP contribution in [-0.4, -0.2) is 36.0 Å². The summed E-state index contributed by atoms with van der Waals surface area (Å²) < 4.78 is 1.47. The number of amides is 1. The molecule has 0 spiro atoms. The van der Waals surface area contributed by atoms with Gasteiger partial charge in [-0.05, 0) is 43.7 Å². The molecule has 1 amide bonds. The SMILES string of the molecule is O=C(CCCc1cc(Cl)sc1Cl)N1CCC2CCC(C1)N2. The molecular formula is C15H20Cl2N2OS. The van der Waals surface area contributed by atoms with E-state index in [1.165, 1.54) is 24.2 Å². The molecule has 3 heterocycles. The van der Waals surface area contributed by atoms with Crippen LogP contribution in [0.2, 0.25) is 8.67 Å². The van der Waals surface area contributed by atoms with Gasteiger partial charge in [-0.3, -0.25) is 4.79 Å². The predicted molar refractivity (Wildman–Crippen MR) is 88.4 cm³/mol. The van der Waals surface area contributed by atoms with Crippen molar-refractivity contribution >= 4 is 40.4 Å². The Hall–Kier alpha value is -0.290. The second-order valence-electron chi connectivity index (χ2n) is 5.97. The van der Waals surface area contributed by atoms with Gasteiger partial charge in [0.05, 0.1) is 8.67 Å². The first-order valence-corrected chi connectivity index (χ1v) is 9.16. The van der Waals surface area contributed by atoms with Crippen LogP contribution in [0, 0.1) is 0 Å². The summed E-state index contributed by atoms with van der Waals surface area (Å²) in [5.41, 5.74) is 1.07. The number of fused-ring (bicyclic) bond motifs is 2. The molecule has 0 radical (unpaired) electrons. The van der Waals surface area contributed by atoms with Gasteiger partial charge in [-0.2, -0.15) is 0 Å². The molecule has 2 fully saturated rings. The maximum atomic E-state index is 12.3. The van der Waals surface area contributed by atoms with Gasteiger partial charge in [-0.1, -0.05) is 23.2 Å². The van der Waals surface area contributed by atoms with E-state index in [2.05, 4.69) is 5.32 Å². The van der Waals surface area contributed by atoms with Crippen molar-refractivity contribution in [1.82, 2.24) is 10.2 Å². The van der Waals surface area contributed by atoms with Crippen LogP contribution in [0.3, 0.4) is 0 Å². The normalized spacial score (nSPS) is 25.1. The Kier molecular flexibility index (Phi) is 5.10. The molecule has 21 heavy (non-hydrogen) atoms. The van der Waals surface area contributed by atoms with Crippen LogP contribution in [0.4, 0.5) is 0 Å². The van der Waals surface area contributed by atoms with E-state index in [0.717, 1.165) is 46.6 Å². The third-order valence-electron chi connectivity index (χ3n) is 4.44. The monoisotopic (exact) mass is 346 g/mol. The number of hydrogen-bond donors (Lipinski definition) is 1. The van der Waals surface area contributed by atoms with Crippen molar-refractivity contribution in [2.24, 2.45) is 0 Å². The van der Waals surface area contributed by atoms with E-state index in [-0.39, 0.29) is 5.91 Å². The summed E-state index contributed by atoms with van der Waals surface area (Å²) >= 11 is 13.4. The fourth-order valence-corrected chi connectivity index (χ4v) is 4.85. The minimum Gasteiger partial charge on any atom is -0.341 e. The van der Waals surface area contributed by atoms with Gasteiger partial charge in [0, 0.05) is 31.6 Å². The molecule has 3 nitrogen and oxygen atoms in total. The van der Waals surface area contributed by atoms with Crippen LogP contribution < -0.4 is 5.32 Å². The molecule has 116 valence electrons. The summed E-state index contributed by atoms with van der Waals surface area (Å²) in [6, 6.07) is 3.04. The zero-order chi connectivity index (χ0) is 14.8. The summed E-state index contributed by atoms with van der Waals surface area (Å²) in [6.45, 7) is 1.78. The molecular weight excluding hydrogens is 327 g/mol. The van der Waals surface area contributed by atoms with Crippen molar-refractivity contribution in [1.29, 1.82) is 0 Å². The van der Waals surface area contributed by atoms with Crippen LogP contribution >= 0.6 is 34.5 Å². The highest BCUT2D eigenvalue weighted by molar-refractivity contribution is 7.20. The second kappa shape index (κ2) is 6.86. The number of nitrogens with one attached hydrogen (secondary N) is 1. The lowest BCUT2D eigenvalue weighted by Crippen LogP contribution is -2.38. The Morgan fingerprint density at radius 1 is 1.33 bits per heavy atom. The average molecular weight is 347 g/mol. The van der Waals surface area contributed by atoms with E-state index in [0.29, 0.717) is 18.5 Å². The Morgan fingerprint density at radius 2 is 2.14 bits per heavy atom. The van der Waals surface area contributed by atoms with Gasteiger partial charge in [0.1, 0.15) is 0 Å². The van der Waals surface area contributed by atoms with Gasteiger partial charge in [-0.25, -0.2) is 0 Å². The lowest BCUT2D eigenvalue weighted by atomic mass is 10.1. The lowest BCUT2D eigenvalue weighted by molar-refractivity contribution is -0.131. The molecule has 0 saturated carbocycles. The summed E-state index contributed by atoms with van der Waals surface area (Å²) in [5.74, 6) is 0.279. The Labute approximate surface area is 139 Å². The number of aryl methyl sites for hydroxylation is 1. The molecule has 2 saturated heterocycles. The number of likely N-dealkylation sites (tertiary alicyclic amines) is 1. The molecule has 1 aromatic heterocycles. The topological polar surface area (TPSA) is 32.3 Å². The molecule has 2 atom stereocenters. The summed E-state index contributed by atoms with van der Waals surface area (Å²) in [7, 11) is 0. The molecule has 1 aromatic rings. The molecule has 2 aliphatic heterocycles. The first-order valence-electron chi connectivity index (χ1n) is 7.59. The number of hydrogen-bond acceptors (Lipinski definition) is 3. The van der Waals surface area contributed by atoms with Crippen LogP contribution in [-0.2, 0) is 11.2 Å². The molecule has 2 unspecified atom stereocenters. The van der Waals surface area contributed by atoms with Gasteiger partial charge in [0.25, 0.3) is 0 Å². The van der Waals surface area contributed by atoms with E-state index >= 15 is 0 Å². The van der Waals surface area contributed by atoms with Crippen molar-refractivity contribution in [2.75, 3.05) is 13.1 Å². The van der Waals surface area contributed by atoms with E-state index in [9.17, 15) is 4.79 Å². The first-order chi connectivity index (χ1) is 10.1. The number of rotatable bonds is 4. The fourth-order valence-electron chi connectivity index (χ4n) is 3.30. The summed E-state index contributed by atoms with van der Waals surface area (Å²) in [6.07, 6.45) is 5.83. The van der Waals surface area contributed by atoms with E-state index in [1.54, 1.807) is 0 Å². The molecule has 1 N–H and O–H groups in total. The summed E-state index contributed by atoms with van der Waals surface area (Å²) in [5, 5.41) is 3.61. The molecule has 0 aromatic carbocycles. The minimum atomic E-state index is 0.279. The largest absolute Gasteiger partial charge is 0.341 e. The van der Waals surface area contributed by atoms with Crippen molar-refractivity contribution in [3.8, 4) is 0 Å². The Balaban J connectivity index is 1.46. The molecule has 6 heteroatoms. The smallest absolute Gasteiger partial charge is 0.222 e. The number of nitrogens with zero attached hydrogens (tertiary/aromatic N) is 1. The van der Waals surface area contributed by atoms with Gasteiger partial charge in [-0.15, -0.1) is 11.3 Å². The molecule has 3 rings (SSSR count). The van der Waals surface area contributed by atoms with Crippen molar-refractivity contribution in [3.63, 3.8) is 0 Å². The first kappa shape index (κ1) is 15.6. The Morgan fingerprint density at radius 3 is 2.90 bits per heavy atom. The lowest BCUT2D eigenvalue weighted by Gasteiger charge is -2.24. The van der Waals surface area contributed by atoms with Crippen LogP contribution in [0.5, 0.6) is 0 Å². The minimum absolute atomic E-state index is 0.279. The quantitative estimate of drug-likeness (QED) is 0.900. The Bertz CT molecular complexity index is 520. The number of halogens is 2. The zero-order valence-electron chi connectivity index (χ0n) is 11.9. The third-order valence-corrected chi connectivity index (χ3v) is 6.01. The number of carbonyl (C=O) groups is 1. The van der Waals surface area contributed by atoms with Crippen molar-refractivity contribution in [3.05, 3.63) is 20.3 Å². The molecule has 2 bridgehead atoms. The van der Waals surface area contributed by atoms with Gasteiger partial charge >= 0.3 is 0 Å². The van der Waals surface area contributed by atoms with E-state index in [1.807, 2.05) is 11.0 Å². The van der Waals surface area contributed by atoms with Gasteiger partial charge in [0.15, 0.2) is 0 Å². The van der Waals surface area contributed by atoms with Crippen molar-refractivity contribution in [2.45, 2.75) is 50.6 Å². The average Bonchev–Trinajstić information content (AvgIpc) is 2.91. The van der Waals surface area contributed by atoms with Crippen LogP contribution in [0.15, 0.2) is 6.07 Å². The highest BCUT2D eigenvalue weighted by atomic mass is 35.5. The van der Waals surface area contributed by atoms with Crippen molar-refractivity contribution < 1.29 is 4.79 Å². The maximum Gasteiger partial charge on any atom is 0.222 e. The highest BCUT2D eigenvalue weighted by Gasteiger charge is 2.30. The molecule has 2 aliphatic rings. The van der Waals surface area contributed by atoms with E-state index in [4.69, 9.17) is 23.2 Å². The summed E-state index contributed by atoms with van der Waals surface area (Å²) in [4.78, 5) is 14.4. The standard InChI is InChI=1S/C15H20Cl2N2OS/c16-13-8-10(15(17)21-13)2-1-3-14(20)19-7-6-11-4-5-12(9-19)18-11/h8,11-12,18H,1-7,9H2. The molecule has 0 aliphatic carbocycles. The number of carbonyl (C=O) groups excluding carboxylic acids is 1. The highest BCUT2D eigenvalue weighted by Crippen LogP contribution is 2.32. The van der Waals surface area contributed by atoms with Gasteiger partial charge < -0.3 is 10.2 Å². The van der Waals surface area contributed by atoms with Crippen LogP contribution in [0.1, 0.15) is 37.7 Å². The fraction of sp³-hybridized carbons (Fsp3) is 0.667. The van der Waals surface area contributed by atoms with Crippen LogP contribution in [0.25, 0.3) is 0 Å². The third kappa shape index (κ3) is 3.92. The predicted octanol–water partition coefficient (Wildman–Crippen LogP) is 3.73.